The first-order chi connectivity index (χ1) is 8.19. The van der Waals surface area contributed by atoms with Gasteiger partial charge in [-0.25, -0.2) is 0 Å². The lowest BCUT2D eigenvalue weighted by Crippen LogP contribution is -2.21. The van der Waals surface area contributed by atoms with E-state index < -0.39 is 0 Å². The largest absolute Gasteiger partial charge is 0.289 e. The number of allylic oxidation sites excluding steroid dienone is 2. The second-order valence-corrected chi connectivity index (χ2v) is 3.21. The van der Waals surface area contributed by atoms with Crippen molar-refractivity contribution in [2.75, 3.05) is 0 Å². The van der Waals surface area contributed by atoms with E-state index in [2.05, 4.69) is 18.5 Å². The van der Waals surface area contributed by atoms with Gasteiger partial charge in [-0.3, -0.25) is 14.9 Å². The quantitative estimate of drug-likeness (QED) is 0.621. The zero-order valence-corrected chi connectivity index (χ0v) is 9.35. The zero-order chi connectivity index (χ0) is 12.7. The van der Waals surface area contributed by atoms with Gasteiger partial charge in [0.05, 0.1) is 5.57 Å². The fraction of sp³-hybridized carbons (Fsp3) is 0. The Balaban J connectivity index is 0.000000317. The highest BCUT2D eigenvalue weighted by atomic mass is 16.2. The van der Waals surface area contributed by atoms with Gasteiger partial charge < -0.3 is 0 Å². The first kappa shape index (κ1) is 12.6. The van der Waals surface area contributed by atoms with Crippen LogP contribution in [-0.4, -0.2) is 11.8 Å². The second kappa shape index (κ2) is 6.23. The smallest absolute Gasteiger partial charge is 0.258 e. The van der Waals surface area contributed by atoms with Gasteiger partial charge in [0.2, 0.25) is 0 Å². The molecule has 3 heteroatoms. The molecule has 0 atom stereocenters. The van der Waals surface area contributed by atoms with Crippen LogP contribution in [0, 0.1) is 0 Å². The maximum Gasteiger partial charge on any atom is 0.258 e. The summed E-state index contributed by atoms with van der Waals surface area (Å²) in [5.41, 5.74) is 1.21. The van der Waals surface area contributed by atoms with Crippen molar-refractivity contribution in [1.29, 1.82) is 0 Å². The van der Waals surface area contributed by atoms with Crippen LogP contribution in [0.2, 0.25) is 0 Å². The maximum atomic E-state index is 11.2. The Bertz CT molecular complexity index is 466. The Hall–Kier alpha value is -2.42. The maximum absolute atomic E-state index is 11.2. The third-order valence-electron chi connectivity index (χ3n) is 2.01. The lowest BCUT2D eigenvalue weighted by molar-refractivity contribution is -0.123. The Labute approximate surface area is 100 Å². The number of hydrogen-bond donors (Lipinski definition) is 1. The molecule has 1 heterocycles. The van der Waals surface area contributed by atoms with Gasteiger partial charge in [-0.1, -0.05) is 55.6 Å². The summed E-state index contributed by atoms with van der Waals surface area (Å²) >= 11 is 0. The molecule has 2 amide bonds. The highest BCUT2D eigenvalue weighted by molar-refractivity contribution is 6.33. The molecular weight excluding hydrogens is 214 g/mol. The fourth-order valence-corrected chi connectivity index (χ4v) is 1.24. The summed E-state index contributed by atoms with van der Waals surface area (Å²) in [4.78, 5) is 22.0. The second-order valence-electron chi connectivity index (χ2n) is 3.21. The highest BCUT2D eigenvalue weighted by Gasteiger charge is 2.21. The van der Waals surface area contributed by atoms with Gasteiger partial charge >= 0.3 is 0 Å². The van der Waals surface area contributed by atoms with Crippen LogP contribution in [0.3, 0.4) is 0 Å². The number of rotatable bonds is 2. The van der Waals surface area contributed by atoms with Crippen molar-refractivity contribution in [3.63, 3.8) is 0 Å². The van der Waals surface area contributed by atoms with Gasteiger partial charge in [0, 0.05) is 6.08 Å². The summed E-state index contributed by atoms with van der Waals surface area (Å²) in [6, 6.07) is 9.10. The van der Waals surface area contributed by atoms with Gasteiger partial charge in [0.1, 0.15) is 0 Å². The Morgan fingerprint density at radius 3 is 2.00 bits per heavy atom. The van der Waals surface area contributed by atoms with Crippen molar-refractivity contribution in [3.8, 4) is 0 Å². The van der Waals surface area contributed by atoms with Gasteiger partial charge in [-0.2, -0.15) is 0 Å². The third-order valence-corrected chi connectivity index (χ3v) is 2.01. The van der Waals surface area contributed by atoms with E-state index in [1.807, 2.05) is 18.2 Å². The normalized spacial score (nSPS) is 13.1. The van der Waals surface area contributed by atoms with E-state index in [0.29, 0.717) is 5.57 Å². The molecule has 0 saturated heterocycles. The summed E-state index contributed by atoms with van der Waals surface area (Å²) in [7, 11) is 0. The molecular formula is C14H13NO2. The summed E-state index contributed by atoms with van der Waals surface area (Å²) in [6.45, 7) is 6.72. The topological polar surface area (TPSA) is 46.2 Å². The number of hydrogen-bond acceptors (Lipinski definition) is 2. The average molecular weight is 227 g/mol. The summed E-state index contributed by atoms with van der Waals surface area (Å²) in [5, 5.41) is 2.19. The van der Waals surface area contributed by atoms with E-state index >= 15 is 0 Å². The molecule has 0 aromatic heterocycles. The first-order valence-corrected chi connectivity index (χ1v) is 5.05. The van der Waals surface area contributed by atoms with Crippen molar-refractivity contribution < 1.29 is 9.59 Å². The Morgan fingerprint density at radius 2 is 1.59 bits per heavy atom. The van der Waals surface area contributed by atoms with Crippen molar-refractivity contribution in [2.24, 2.45) is 0 Å². The molecule has 0 saturated carbocycles. The molecule has 1 aliphatic heterocycles. The first-order valence-electron chi connectivity index (χ1n) is 5.05. The van der Waals surface area contributed by atoms with Gasteiger partial charge in [-0.05, 0) is 5.56 Å². The van der Waals surface area contributed by atoms with Gasteiger partial charge in [0.15, 0.2) is 0 Å². The Morgan fingerprint density at radius 1 is 1.00 bits per heavy atom. The molecule has 3 nitrogen and oxygen atoms in total. The number of carbonyl (C=O) groups is 2. The molecule has 0 bridgehead atoms. The summed E-state index contributed by atoms with van der Waals surface area (Å²) in [5.74, 6) is -0.667. The van der Waals surface area contributed by atoms with Crippen LogP contribution in [0.15, 0.2) is 61.7 Å². The van der Waals surface area contributed by atoms with E-state index in [0.717, 1.165) is 5.56 Å². The number of imide groups is 1. The molecule has 17 heavy (non-hydrogen) atoms. The minimum Gasteiger partial charge on any atom is -0.289 e. The average Bonchev–Trinajstić information content (AvgIpc) is 2.70. The predicted molar refractivity (Wildman–Crippen MR) is 68.0 cm³/mol. The molecule has 2 rings (SSSR count). The van der Waals surface area contributed by atoms with Crippen LogP contribution in [0.25, 0.3) is 5.57 Å². The minimum atomic E-state index is -0.344. The van der Waals surface area contributed by atoms with Crippen LogP contribution in [0.5, 0.6) is 0 Å². The number of nitrogens with one attached hydrogen (secondary N) is 1. The number of benzene rings is 1. The molecule has 0 unspecified atom stereocenters. The standard InChI is InChI=1S/C10H7NO2.C4H6/c12-9-6-8(10(13)11-9)7-4-2-1-3-5-7;1-3-4-2/h1-6H,(H,11,12,13);3-4H,1-2H2. The fourth-order valence-electron chi connectivity index (χ4n) is 1.24. The van der Waals surface area contributed by atoms with E-state index in [9.17, 15) is 9.59 Å². The van der Waals surface area contributed by atoms with Crippen molar-refractivity contribution in [1.82, 2.24) is 5.32 Å². The number of carbonyl (C=O) groups excluding carboxylic acids is 2. The van der Waals surface area contributed by atoms with Crippen LogP contribution >= 0.6 is 0 Å². The zero-order valence-electron chi connectivity index (χ0n) is 9.35. The molecule has 1 aromatic rings. The summed E-state index contributed by atoms with van der Waals surface area (Å²) < 4.78 is 0. The van der Waals surface area contributed by atoms with Crippen LogP contribution < -0.4 is 5.32 Å². The van der Waals surface area contributed by atoms with E-state index in [1.54, 1.807) is 24.3 Å². The Kier molecular flexibility index (Phi) is 4.63. The van der Waals surface area contributed by atoms with E-state index in [1.165, 1.54) is 6.08 Å². The van der Waals surface area contributed by atoms with Crippen LogP contribution in [-0.2, 0) is 9.59 Å². The van der Waals surface area contributed by atoms with Crippen LogP contribution in [0.4, 0.5) is 0 Å². The SMILES string of the molecule is C=CC=C.O=C1C=C(c2ccccc2)C(=O)N1. The van der Waals surface area contributed by atoms with E-state index in [4.69, 9.17) is 0 Å². The van der Waals surface area contributed by atoms with Gasteiger partial charge in [0.25, 0.3) is 11.8 Å². The molecule has 1 aromatic carbocycles. The molecule has 0 aliphatic carbocycles. The lowest BCUT2D eigenvalue weighted by atomic mass is 10.1. The molecule has 86 valence electrons. The minimum absolute atomic E-state index is 0.323. The predicted octanol–water partition coefficient (Wildman–Crippen LogP) is 2.08. The number of amides is 2. The molecule has 0 radical (unpaired) electrons. The van der Waals surface area contributed by atoms with Gasteiger partial charge in [-0.15, -0.1) is 0 Å². The molecule has 1 N–H and O–H groups in total. The highest BCUT2D eigenvalue weighted by Crippen LogP contribution is 2.16. The van der Waals surface area contributed by atoms with Crippen molar-refractivity contribution in [2.45, 2.75) is 0 Å². The summed E-state index contributed by atoms with van der Waals surface area (Å²) in [6.07, 6.45) is 4.59. The van der Waals surface area contributed by atoms with Crippen molar-refractivity contribution in [3.05, 3.63) is 67.3 Å². The van der Waals surface area contributed by atoms with Crippen LogP contribution in [0.1, 0.15) is 5.56 Å². The molecule has 0 fully saturated rings. The molecule has 1 aliphatic rings. The van der Waals surface area contributed by atoms with E-state index in [-0.39, 0.29) is 11.8 Å². The monoisotopic (exact) mass is 227 g/mol. The molecule has 0 spiro atoms. The third kappa shape index (κ3) is 3.57. The van der Waals surface area contributed by atoms with Crippen molar-refractivity contribution >= 4 is 17.4 Å². The lowest BCUT2D eigenvalue weighted by Gasteiger charge is -1.97.